The van der Waals surface area contributed by atoms with Crippen LogP contribution in [0.1, 0.15) is 25.8 Å². The van der Waals surface area contributed by atoms with E-state index in [-0.39, 0.29) is 17.1 Å². The Morgan fingerprint density at radius 2 is 2.26 bits per heavy atom. The highest BCUT2D eigenvalue weighted by Crippen LogP contribution is 2.32. The van der Waals surface area contributed by atoms with Gasteiger partial charge in [-0.25, -0.2) is 0 Å². The molecule has 1 unspecified atom stereocenters. The van der Waals surface area contributed by atoms with Gasteiger partial charge in [-0.05, 0) is 45.4 Å². The molecule has 4 heteroatoms. The molecule has 0 radical (unpaired) electrons. The largest absolute Gasteiger partial charge is 0.508 e. The molecule has 0 aromatic heterocycles. The minimum Gasteiger partial charge on any atom is -0.508 e. The summed E-state index contributed by atoms with van der Waals surface area (Å²) in [6.07, 6.45) is 0.861. The van der Waals surface area contributed by atoms with E-state index in [1.54, 1.807) is 17.0 Å². The fourth-order valence-electron chi connectivity index (χ4n) is 2.64. The second-order valence-electron chi connectivity index (χ2n) is 5.51. The van der Waals surface area contributed by atoms with Crippen molar-refractivity contribution in [2.75, 3.05) is 24.5 Å². The molecule has 1 aromatic rings. The number of aromatic hydroxyl groups is 1. The van der Waals surface area contributed by atoms with Crippen LogP contribution >= 0.6 is 0 Å². The van der Waals surface area contributed by atoms with Crippen molar-refractivity contribution in [1.29, 1.82) is 0 Å². The van der Waals surface area contributed by atoms with Crippen LogP contribution in [-0.2, 0) is 4.79 Å². The number of anilines is 1. The van der Waals surface area contributed by atoms with Crippen molar-refractivity contribution in [3.05, 3.63) is 23.8 Å². The molecule has 1 heterocycles. The summed E-state index contributed by atoms with van der Waals surface area (Å²) in [7, 11) is 0. The predicted octanol–water partition coefficient (Wildman–Crippen LogP) is 2.05. The number of hydrogen-bond donors (Lipinski definition) is 2. The Kier molecular flexibility index (Phi) is 3.80. The molecular formula is C15H22N2O2. The van der Waals surface area contributed by atoms with E-state index in [1.165, 1.54) is 0 Å². The van der Waals surface area contributed by atoms with Crippen LogP contribution in [0.3, 0.4) is 0 Å². The minimum absolute atomic E-state index is 0.133. The average molecular weight is 262 g/mol. The third-order valence-electron chi connectivity index (χ3n) is 3.93. The highest BCUT2D eigenvalue weighted by atomic mass is 16.3. The summed E-state index contributed by atoms with van der Waals surface area (Å²) in [6, 6.07) is 5.16. The normalized spacial score (nSPS) is 22.5. The summed E-state index contributed by atoms with van der Waals surface area (Å²) < 4.78 is 0. The van der Waals surface area contributed by atoms with E-state index in [0.29, 0.717) is 6.54 Å². The van der Waals surface area contributed by atoms with Crippen molar-refractivity contribution in [2.24, 2.45) is 5.41 Å². The van der Waals surface area contributed by atoms with E-state index >= 15 is 0 Å². The number of nitrogens with zero attached hydrogens (tertiary/aromatic N) is 1. The summed E-state index contributed by atoms with van der Waals surface area (Å²) in [5.74, 6) is 0.329. The first kappa shape index (κ1) is 13.9. The SMILES string of the molecule is CCN(C(=O)C1(C)CCNC1)c1cc(O)ccc1C. The first-order valence-corrected chi connectivity index (χ1v) is 6.80. The summed E-state index contributed by atoms with van der Waals surface area (Å²) in [5, 5.41) is 12.9. The van der Waals surface area contributed by atoms with Crippen LogP contribution < -0.4 is 10.2 Å². The van der Waals surface area contributed by atoms with Crippen LogP contribution in [0.15, 0.2) is 18.2 Å². The zero-order valence-corrected chi connectivity index (χ0v) is 11.9. The Morgan fingerprint density at radius 3 is 2.84 bits per heavy atom. The van der Waals surface area contributed by atoms with Crippen molar-refractivity contribution >= 4 is 11.6 Å². The number of hydrogen-bond acceptors (Lipinski definition) is 3. The molecule has 2 N–H and O–H groups in total. The van der Waals surface area contributed by atoms with Gasteiger partial charge in [-0.15, -0.1) is 0 Å². The van der Waals surface area contributed by atoms with E-state index in [9.17, 15) is 9.90 Å². The summed E-state index contributed by atoms with van der Waals surface area (Å²) in [5.41, 5.74) is 1.47. The number of carbonyl (C=O) groups is 1. The molecular weight excluding hydrogens is 240 g/mol. The number of phenols is 1. The highest BCUT2D eigenvalue weighted by Gasteiger charge is 2.39. The van der Waals surface area contributed by atoms with Gasteiger partial charge in [0.05, 0.1) is 11.1 Å². The third-order valence-corrected chi connectivity index (χ3v) is 3.93. The van der Waals surface area contributed by atoms with Crippen molar-refractivity contribution < 1.29 is 9.90 Å². The maximum atomic E-state index is 12.8. The lowest BCUT2D eigenvalue weighted by Crippen LogP contribution is -2.44. The van der Waals surface area contributed by atoms with Gasteiger partial charge < -0.3 is 15.3 Å². The van der Waals surface area contributed by atoms with Gasteiger partial charge in [-0.1, -0.05) is 6.07 Å². The molecule has 0 aliphatic carbocycles. The maximum absolute atomic E-state index is 12.8. The van der Waals surface area contributed by atoms with Gasteiger partial charge >= 0.3 is 0 Å². The lowest BCUT2D eigenvalue weighted by Gasteiger charge is -2.31. The van der Waals surface area contributed by atoms with Gasteiger partial charge in [0.1, 0.15) is 5.75 Å². The summed E-state index contributed by atoms with van der Waals surface area (Å²) in [4.78, 5) is 14.5. The molecule has 1 saturated heterocycles. The third kappa shape index (κ3) is 2.59. The predicted molar refractivity (Wildman–Crippen MR) is 76.5 cm³/mol. The Labute approximate surface area is 114 Å². The Balaban J connectivity index is 2.34. The fourth-order valence-corrected chi connectivity index (χ4v) is 2.64. The average Bonchev–Trinajstić information content (AvgIpc) is 2.82. The van der Waals surface area contributed by atoms with Crippen LogP contribution in [0.25, 0.3) is 0 Å². The molecule has 1 aromatic carbocycles. The second-order valence-corrected chi connectivity index (χ2v) is 5.51. The zero-order valence-electron chi connectivity index (χ0n) is 11.9. The number of nitrogens with one attached hydrogen (secondary N) is 1. The number of aryl methyl sites for hydroxylation is 1. The van der Waals surface area contributed by atoms with Gasteiger partial charge in [0.25, 0.3) is 0 Å². The summed E-state index contributed by atoms with van der Waals surface area (Å²) >= 11 is 0. The van der Waals surface area contributed by atoms with Crippen LogP contribution in [-0.4, -0.2) is 30.6 Å². The first-order chi connectivity index (χ1) is 8.98. The molecule has 19 heavy (non-hydrogen) atoms. The Morgan fingerprint density at radius 1 is 1.53 bits per heavy atom. The van der Waals surface area contributed by atoms with Gasteiger partial charge in [0.15, 0.2) is 0 Å². The molecule has 4 nitrogen and oxygen atoms in total. The highest BCUT2D eigenvalue weighted by molar-refractivity contribution is 5.98. The van der Waals surface area contributed by atoms with Crippen LogP contribution in [0.2, 0.25) is 0 Å². The molecule has 1 amide bonds. The topological polar surface area (TPSA) is 52.6 Å². The molecule has 104 valence electrons. The van der Waals surface area contributed by atoms with E-state index in [4.69, 9.17) is 0 Å². The molecule has 1 fully saturated rings. The van der Waals surface area contributed by atoms with E-state index in [0.717, 1.165) is 30.8 Å². The van der Waals surface area contributed by atoms with Gasteiger partial charge in [0, 0.05) is 19.2 Å². The minimum atomic E-state index is -0.339. The lowest BCUT2D eigenvalue weighted by atomic mass is 9.87. The zero-order chi connectivity index (χ0) is 14.0. The smallest absolute Gasteiger partial charge is 0.234 e. The van der Waals surface area contributed by atoms with Gasteiger partial charge in [0.2, 0.25) is 5.91 Å². The second kappa shape index (κ2) is 5.21. The molecule has 0 saturated carbocycles. The number of carbonyl (C=O) groups excluding carboxylic acids is 1. The van der Waals surface area contributed by atoms with Crippen molar-refractivity contribution in [2.45, 2.75) is 27.2 Å². The van der Waals surface area contributed by atoms with Crippen LogP contribution in [0, 0.1) is 12.3 Å². The van der Waals surface area contributed by atoms with Crippen molar-refractivity contribution in [3.63, 3.8) is 0 Å². The van der Waals surface area contributed by atoms with Crippen molar-refractivity contribution in [1.82, 2.24) is 5.32 Å². The standard InChI is InChI=1S/C15H22N2O2/c1-4-17(13-9-12(18)6-5-11(13)2)14(19)15(3)7-8-16-10-15/h5-6,9,16,18H,4,7-8,10H2,1-3H3. The quantitative estimate of drug-likeness (QED) is 0.876. The van der Waals surface area contributed by atoms with E-state index in [2.05, 4.69) is 5.32 Å². The Bertz CT molecular complexity index is 479. The van der Waals surface area contributed by atoms with Crippen LogP contribution in [0.5, 0.6) is 5.75 Å². The van der Waals surface area contributed by atoms with Crippen molar-refractivity contribution in [3.8, 4) is 5.75 Å². The molecule has 0 bridgehead atoms. The number of benzene rings is 1. The number of amides is 1. The van der Waals surface area contributed by atoms with Gasteiger partial charge in [-0.2, -0.15) is 0 Å². The Hall–Kier alpha value is -1.55. The molecule has 1 aliphatic rings. The molecule has 2 rings (SSSR count). The van der Waals surface area contributed by atoms with E-state index in [1.807, 2.05) is 26.8 Å². The molecule has 0 spiro atoms. The van der Waals surface area contributed by atoms with Gasteiger partial charge in [-0.3, -0.25) is 4.79 Å². The van der Waals surface area contributed by atoms with E-state index < -0.39 is 0 Å². The first-order valence-electron chi connectivity index (χ1n) is 6.80. The maximum Gasteiger partial charge on any atom is 0.234 e. The molecule has 1 atom stereocenters. The number of phenolic OH excluding ortho intramolecular Hbond substituents is 1. The fraction of sp³-hybridized carbons (Fsp3) is 0.533. The van der Waals surface area contributed by atoms with Crippen LogP contribution in [0.4, 0.5) is 5.69 Å². The number of rotatable bonds is 3. The lowest BCUT2D eigenvalue weighted by molar-refractivity contribution is -0.126. The molecule has 1 aliphatic heterocycles. The monoisotopic (exact) mass is 262 g/mol. The summed E-state index contributed by atoms with van der Waals surface area (Å²) in [6.45, 7) is 8.15.